The summed E-state index contributed by atoms with van der Waals surface area (Å²) in [7, 11) is 0. The van der Waals surface area contributed by atoms with Gasteiger partial charge >= 0.3 is 0 Å². The van der Waals surface area contributed by atoms with Gasteiger partial charge in [-0.25, -0.2) is 0 Å². The van der Waals surface area contributed by atoms with Crippen LogP contribution in [0, 0.1) is 17.8 Å². The van der Waals surface area contributed by atoms with Crippen molar-refractivity contribution in [1.82, 2.24) is 5.32 Å². The van der Waals surface area contributed by atoms with Gasteiger partial charge in [0.05, 0.1) is 6.04 Å². The maximum absolute atomic E-state index is 5.59. The second kappa shape index (κ2) is 5.23. The summed E-state index contributed by atoms with van der Waals surface area (Å²) >= 11 is 0. The maximum atomic E-state index is 5.59. The minimum Gasteiger partial charge on any atom is -0.300 e. The molecule has 16 heavy (non-hydrogen) atoms. The van der Waals surface area contributed by atoms with Crippen LogP contribution in [0.4, 0.5) is 0 Å². The Kier molecular flexibility index (Phi) is 3.92. The summed E-state index contributed by atoms with van der Waals surface area (Å²) in [4.78, 5) is 0. The van der Waals surface area contributed by atoms with E-state index in [9.17, 15) is 0 Å². The molecule has 90 valence electrons. The fraction of sp³-hybridized carbons (Fsp3) is 0.867. The Morgan fingerprint density at radius 1 is 1.31 bits per heavy atom. The minimum atomic E-state index is 0.314. The van der Waals surface area contributed by atoms with Crippen LogP contribution in [-0.2, 0) is 0 Å². The second-order valence-corrected chi connectivity index (χ2v) is 5.69. The van der Waals surface area contributed by atoms with Gasteiger partial charge in [0.15, 0.2) is 0 Å². The predicted molar refractivity (Wildman–Crippen MR) is 69.2 cm³/mol. The lowest BCUT2D eigenvalue weighted by Gasteiger charge is -2.53. The first-order valence-corrected chi connectivity index (χ1v) is 7.03. The van der Waals surface area contributed by atoms with Crippen LogP contribution in [0.2, 0.25) is 0 Å². The van der Waals surface area contributed by atoms with Gasteiger partial charge in [-0.15, -0.1) is 6.42 Å². The molecule has 2 fully saturated rings. The molecule has 0 aromatic rings. The molecule has 0 radical (unpaired) electrons. The molecule has 0 amide bonds. The first-order valence-electron chi connectivity index (χ1n) is 7.03. The summed E-state index contributed by atoms with van der Waals surface area (Å²) in [6.45, 7) is 2.21. The fourth-order valence-electron chi connectivity index (χ4n) is 3.56. The lowest BCUT2D eigenvalue weighted by molar-refractivity contribution is 0.0194. The average Bonchev–Trinajstić information content (AvgIpc) is 2.34. The molecule has 2 rings (SSSR count). The first-order chi connectivity index (χ1) is 7.80. The largest absolute Gasteiger partial charge is 0.300 e. The van der Waals surface area contributed by atoms with Crippen molar-refractivity contribution in [2.75, 3.05) is 0 Å². The monoisotopic (exact) mass is 219 g/mol. The Bertz CT molecular complexity index is 257. The van der Waals surface area contributed by atoms with Crippen molar-refractivity contribution >= 4 is 0 Å². The number of terminal acetylenes is 1. The summed E-state index contributed by atoms with van der Waals surface area (Å²) in [5.74, 6) is 2.91. The van der Waals surface area contributed by atoms with Crippen LogP contribution in [0.3, 0.4) is 0 Å². The van der Waals surface area contributed by atoms with E-state index in [0.717, 1.165) is 12.5 Å². The highest BCUT2D eigenvalue weighted by molar-refractivity contribution is 5.07. The van der Waals surface area contributed by atoms with Crippen LogP contribution < -0.4 is 5.32 Å². The molecule has 0 aliphatic heterocycles. The zero-order valence-electron chi connectivity index (χ0n) is 10.6. The molecule has 2 saturated carbocycles. The van der Waals surface area contributed by atoms with Gasteiger partial charge in [-0.2, -0.15) is 0 Å². The minimum absolute atomic E-state index is 0.314. The first kappa shape index (κ1) is 12.0. The van der Waals surface area contributed by atoms with Crippen LogP contribution in [0.5, 0.6) is 0 Å². The number of nitrogens with one attached hydrogen (secondary N) is 1. The second-order valence-electron chi connectivity index (χ2n) is 5.69. The van der Waals surface area contributed by atoms with Gasteiger partial charge in [0.25, 0.3) is 0 Å². The number of hydrogen-bond acceptors (Lipinski definition) is 1. The summed E-state index contributed by atoms with van der Waals surface area (Å²) in [5, 5.41) is 3.73. The third-order valence-electron chi connectivity index (χ3n) is 4.70. The third-order valence-corrected chi connectivity index (χ3v) is 4.70. The Labute approximate surface area is 100 Å². The van der Waals surface area contributed by atoms with Gasteiger partial charge in [0.2, 0.25) is 0 Å². The van der Waals surface area contributed by atoms with Crippen LogP contribution >= 0.6 is 0 Å². The molecular weight excluding hydrogens is 194 g/mol. The zero-order valence-corrected chi connectivity index (χ0v) is 10.6. The number of rotatable bonds is 4. The molecule has 1 heteroatoms. The summed E-state index contributed by atoms with van der Waals surface area (Å²) in [5.41, 5.74) is 0.640. The molecule has 2 unspecified atom stereocenters. The van der Waals surface area contributed by atoms with Gasteiger partial charge in [0.1, 0.15) is 0 Å². The van der Waals surface area contributed by atoms with E-state index in [0.29, 0.717) is 11.5 Å². The van der Waals surface area contributed by atoms with Gasteiger partial charge in [-0.3, -0.25) is 0 Å². The summed E-state index contributed by atoms with van der Waals surface area (Å²) in [6, 6.07) is 1.04. The molecule has 0 aromatic heterocycles. The van der Waals surface area contributed by atoms with E-state index in [1.807, 2.05) is 0 Å². The summed E-state index contributed by atoms with van der Waals surface area (Å²) in [6.07, 6.45) is 17.9. The number of hydrogen-bond donors (Lipinski definition) is 1. The smallest absolute Gasteiger partial charge is 0.0689 e. The highest BCUT2D eigenvalue weighted by atomic mass is 15.0. The van der Waals surface area contributed by atoms with E-state index in [-0.39, 0.29) is 0 Å². The van der Waals surface area contributed by atoms with Gasteiger partial charge in [-0.1, -0.05) is 38.5 Å². The van der Waals surface area contributed by atoms with Crippen molar-refractivity contribution in [3.05, 3.63) is 0 Å². The predicted octanol–water partition coefficient (Wildman–Crippen LogP) is 3.49. The Balaban J connectivity index is 1.88. The quantitative estimate of drug-likeness (QED) is 0.714. The highest BCUT2D eigenvalue weighted by Crippen LogP contribution is 2.51. The van der Waals surface area contributed by atoms with Gasteiger partial charge in [0, 0.05) is 6.04 Å². The van der Waals surface area contributed by atoms with Crippen LogP contribution in [-0.4, -0.2) is 12.1 Å². The van der Waals surface area contributed by atoms with Gasteiger partial charge < -0.3 is 5.32 Å². The average molecular weight is 219 g/mol. The fourth-order valence-corrected chi connectivity index (χ4v) is 3.56. The van der Waals surface area contributed by atoms with Crippen molar-refractivity contribution in [1.29, 1.82) is 0 Å². The zero-order chi connectivity index (χ0) is 11.4. The third kappa shape index (κ3) is 2.28. The molecule has 1 spiro atoms. The Morgan fingerprint density at radius 3 is 2.56 bits per heavy atom. The molecular formula is C15H25N. The molecule has 0 saturated heterocycles. The van der Waals surface area contributed by atoms with E-state index in [4.69, 9.17) is 6.42 Å². The highest BCUT2D eigenvalue weighted by Gasteiger charge is 2.46. The van der Waals surface area contributed by atoms with Crippen molar-refractivity contribution in [2.45, 2.75) is 76.8 Å². The molecule has 1 N–H and O–H groups in total. The molecule has 1 nitrogen and oxygen atoms in total. The molecule has 2 aliphatic carbocycles. The van der Waals surface area contributed by atoms with E-state index in [1.165, 1.54) is 51.4 Å². The lowest BCUT2D eigenvalue weighted by Crippen LogP contribution is -2.56. The van der Waals surface area contributed by atoms with Crippen molar-refractivity contribution in [3.8, 4) is 12.3 Å². The normalized spacial score (nSPS) is 29.4. The molecule has 0 bridgehead atoms. The molecule has 2 atom stereocenters. The SMILES string of the molecule is C#CC(CCC)NC1CCC12CCCCC2. The van der Waals surface area contributed by atoms with E-state index >= 15 is 0 Å². The topological polar surface area (TPSA) is 12.0 Å². The lowest BCUT2D eigenvalue weighted by atomic mass is 9.57. The van der Waals surface area contributed by atoms with E-state index in [1.54, 1.807) is 0 Å². The standard InChI is InChI=1S/C15H25N/c1-3-8-13(4-2)16-14-9-12-15(14)10-6-5-7-11-15/h2,13-14,16H,3,5-12H2,1H3. The molecule has 0 aromatic carbocycles. The Morgan fingerprint density at radius 2 is 2.06 bits per heavy atom. The van der Waals surface area contributed by atoms with E-state index in [2.05, 4.69) is 18.2 Å². The molecule has 2 aliphatic rings. The van der Waals surface area contributed by atoms with Gasteiger partial charge in [-0.05, 0) is 37.5 Å². The molecule has 0 heterocycles. The van der Waals surface area contributed by atoms with E-state index < -0.39 is 0 Å². The van der Waals surface area contributed by atoms with Crippen molar-refractivity contribution < 1.29 is 0 Å². The van der Waals surface area contributed by atoms with Crippen molar-refractivity contribution in [3.63, 3.8) is 0 Å². The Hall–Kier alpha value is -0.480. The van der Waals surface area contributed by atoms with Crippen molar-refractivity contribution in [2.24, 2.45) is 5.41 Å². The maximum Gasteiger partial charge on any atom is 0.0689 e. The summed E-state index contributed by atoms with van der Waals surface area (Å²) < 4.78 is 0. The van der Waals surface area contributed by atoms with Crippen LogP contribution in [0.15, 0.2) is 0 Å². The van der Waals surface area contributed by atoms with Crippen LogP contribution in [0.25, 0.3) is 0 Å². The van der Waals surface area contributed by atoms with Crippen LogP contribution in [0.1, 0.15) is 64.7 Å².